The average molecular weight is 370 g/mol. The first-order chi connectivity index (χ1) is 13.0. The molecule has 1 aromatic heterocycles. The summed E-state index contributed by atoms with van der Waals surface area (Å²) in [5, 5.41) is 8.01. The predicted molar refractivity (Wildman–Crippen MR) is 103 cm³/mol. The molecule has 3 amide bonds. The molecule has 2 atom stereocenters. The largest absolute Gasteiger partial charge is 0.489 e. The zero-order chi connectivity index (χ0) is 19.6. The van der Waals surface area contributed by atoms with Crippen molar-refractivity contribution >= 4 is 11.9 Å². The van der Waals surface area contributed by atoms with Crippen molar-refractivity contribution in [2.24, 2.45) is 0 Å². The highest BCUT2D eigenvalue weighted by Crippen LogP contribution is 2.19. The second kappa shape index (κ2) is 10.3. The Kier molecular flexibility index (Phi) is 7.76. The van der Waals surface area contributed by atoms with Crippen LogP contribution in [0.4, 0.5) is 4.79 Å². The van der Waals surface area contributed by atoms with Gasteiger partial charge in [0.15, 0.2) is 0 Å². The third kappa shape index (κ3) is 6.71. The molecule has 3 N–H and O–H groups in total. The van der Waals surface area contributed by atoms with E-state index in [-0.39, 0.29) is 11.9 Å². The van der Waals surface area contributed by atoms with E-state index in [1.807, 2.05) is 43.3 Å². The maximum absolute atomic E-state index is 12.0. The molecule has 1 heterocycles. The number of rotatable bonds is 8. The smallest absolute Gasteiger partial charge is 0.321 e. The Hall–Kier alpha value is -2.93. The highest BCUT2D eigenvalue weighted by molar-refractivity contribution is 5.96. The van der Waals surface area contributed by atoms with E-state index in [0.29, 0.717) is 13.2 Å². The van der Waals surface area contributed by atoms with Crippen molar-refractivity contribution in [3.63, 3.8) is 0 Å². The number of carbonyl (C=O) groups is 2. The Morgan fingerprint density at radius 3 is 2.52 bits per heavy atom. The minimum absolute atomic E-state index is 0.0626. The van der Waals surface area contributed by atoms with Crippen LogP contribution in [-0.2, 0) is 11.4 Å². The van der Waals surface area contributed by atoms with E-state index in [2.05, 4.69) is 20.9 Å². The Morgan fingerprint density at radius 1 is 1.15 bits per heavy atom. The van der Waals surface area contributed by atoms with Crippen LogP contribution >= 0.6 is 0 Å². The van der Waals surface area contributed by atoms with Crippen LogP contribution in [0.2, 0.25) is 0 Å². The van der Waals surface area contributed by atoms with Crippen LogP contribution in [0, 0.1) is 0 Å². The summed E-state index contributed by atoms with van der Waals surface area (Å²) >= 11 is 0. The van der Waals surface area contributed by atoms with Gasteiger partial charge < -0.3 is 10.1 Å². The van der Waals surface area contributed by atoms with Crippen molar-refractivity contribution in [3.8, 4) is 5.75 Å². The number of carbonyl (C=O) groups excluding carboxylic acids is 2. The van der Waals surface area contributed by atoms with Gasteiger partial charge in [-0.2, -0.15) is 0 Å². The molecule has 0 bridgehead atoms. The summed E-state index contributed by atoms with van der Waals surface area (Å²) in [5.74, 6) is 0.390. The summed E-state index contributed by atoms with van der Waals surface area (Å²) in [6.07, 6.45) is 3.50. The summed E-state index contributed by atoms with van der Waals surface area (Å²) < 4.78 is 5.74. The van der Waals surface area contributed by atoms with Gasteiger partial charge in [-0.25, -0.2) is 4.79 Å². The van der Waals surface area contributed by atoms with E-state index in [1.165, 1.54) is 0 Å². The summed E-state index contributed by atoms with van der Waals surface area (Å²) in [7, 11) is 0. The summed E-state index contributed by atoms with van der Waals surface area (Å²) in [5.41, 5.74) is 2.02. The number of hydrogen-bond acceptors (Lipinski definition) is 5. The second-order valence-electron chi connectivity index (χ2n) is 6.18. The SMILES string of the molecule is CCNC(=O)NC(=O)C(C)NC(C)c1ccc(OCc2cccnc2)cc1. The number of pyridine rings is 1. The van der Waals surface area contributed by atoms with Crippen LogP contribution in [0.3, 0.4) is 0 Å². The quantitative estimate of drug-likeness (QED) is 0.664. The molecule has 7 heteroatoms. The second-order valence-corrected chi connectivity index (χ2v) is 6.18. The molecule has 0 radical (unpaired) electrons. The van der Waals surface area contributed by atoms with E-state index in [1.54, 1.807) is 26.2 Å². The van der Waals surface area contributed by atoms with Gasteiger partial charge in [0.05, 0.1) is 6.04 Å². The van der Waals surface area contributed by atoms with Gasteiger partial charge in [0.2, 0.25) is 5.91 Å². The molecular formula is C20H26N4O3. The number of imide groups is 1. The Morgan fingerprint density at radius 2 is 1.89 bits per heavy atom. The molecule has 0 fully saturated rings. The van der Waals surface area contributed by atoms with Crippen molar-refractivity contribution in [1.29, 1.82) is 0 Å². The van der Waals surface area contributed by atoms with Gasteiger partial charge >= 0.3 is 6.03 Å². The maximum Gasteiger partial charge on any atom is 0.321 e. The molecule has 2 aromatic rings. The molecule has 2 unspecified atom stereocenters. The molecule has 0 aliphatic rings. The Labute approximate surface area is 159 Å². The van der Waals surface area contributed by atoms with Crippen LogP contribution < -0.4 is 20.7 Å². The number of hydrogen-bond donors (Lipinski definition) is 3. The van der Waals surface area contributed by atoms with Crippen LogP contribution in [-0.4, -0.2) is 29.5 Å². The van der Waals surface area contributed by atoms with Gasteiger partial charge in [0, 0.05) is 30.5 Å². The first-order valence-electron chi connectivity index (χ1n) is 8.96. The minimum atomic E-state index is -0.510. The lowest BCUT2D eigenvalue weighted by Crippen LogP contribution is -2.48. The number of nitrogens with one attached hydrogen (secondary N) is 3. The monoisotopic (exact) mass is 370 g/mol. The van der Waals surface area contributed by atoms with Crippen LogP contribution in [0.5, 0.6) is 5.75 Å². The molecule has 2 rings (SSSR count). The number of nitrogens with zero attached hydrogens (tertiary/aromatic N) is 1. The van der Waals surface area contributed by atoms with E-state index in [4.69, 9.17) is 4.74 Å². The molecule has 0 saturated heterocycles. The maximum atomic E-state index is 12.0. The molecule has 7 nitrogen and oxygen atoms in total. The highest BCUT2D eigenvalue weighted by atomic mass is 16.5. The molecular weight excluding hydrogens is 344 g/mol. The van der Waals surface area contributed by atoms with Gasteiger partial charge in [0.1, 0.15) is 12.4 Å². The molecule has 27 heavy (non-hydrogen) atoms. The topological polar surface area (TPSA) is 92.4 Å². The lowest BCUT2D eigenvalue weighted by Gasteiger charge is -2.20. The normalized spacial score (nSPS) is 12.7. The average Bonchev–Trinajstić information content (AvgIpc) is 2.67. The van der Waals surface area contributed by atoms with E-state index >= 15 is 0 Å². The van der Waals surface area contributed by atoms with Gasteiger partial charge in [0.25, 0.3) is 0 Å². The van der Waals surface area contributed by atoms with E-state index in [9.17, 15) is 9.59 Å². The van der Waals surface area contributed by atoms with Crippen LogP contribution in [0.15, 0.2) is 48.8 Å². The summed E-state index contributed by atoms with van der Waals surface area (Å²) in [6.45, 7) is 6.39. The minimum Gasteiger partial charge on any atom is -0.489 e. The third-order valence-electron chi connectivity index (χ3n) is 3.98. The number of amides is 3. The van der Waals surface area contributed by atoms with E-state index < -0.39 is 12.1 Å². The number of urea groups is 1. The summed E-state index contributed by atoms with van der Waals surface area (Å²) in [6, 6.07) is 10.5. The lowest BCUT2D eigenvalue weighted by atomic mass is 10.1. The first kappa shape index (κ1) is 20.4. The van der Waals surface area contributed by atoms with Crippen molar-refractivity contribution in [2.45, 2.75) is 39.5 Å². The van der Waals surface area contributed by atoms with Gasteiger partial charge in [-0.05, 0) is 44.5 Å². The molecule has 0 aliphatic heterocycles. The fourth-order valence-corrected chi connectivity index (χ4v) is 2.47. The number of aromatic nitrogens is 1. The van der Waals surface area contributed by atoms with Gasteiger partial charge in [-0.15, -0.1) is 0 Å². The standard InChI is InChI=1S/C20H26N4O3/c1-4-22-20(26)24-19(25)15(3)23-14(2)17-7-9-18(10-8-17)27-13-16-6-5-11-21-12-16/h5-12,14-15,23H,4,13H2,1-3H3,(H2,22,24,25,26). The number of benzene rings is 1. The molecule has 0 aliphatic carbocycles. The Bertz CT molecular complexity index is 735. The fourth-order valence-electron chi connectivity index (χ4n) is 2.47. The highest BCUT2D eigenvalue weighted by Gasteiger charge is 2.18. The van der Waals surface area contributed by atoms with Gasteiger partial charge in [-0.1, -0.05) is 18.2 Å². The lowest BCUT2D eigenvalue weighted by molar-refractivity contribution is -0.121. The molecule has 1 aromatic carbocycles. The third-order valence-corrected chi connectivity index (χ3v) is 3.98. The summed E-state index contributed by atoms with van der Waals surface area (Å²) in [4.78, 5) is 27.5. The molecule has 0 saturated carbocycles. The van der Waals surface area contributed by atoms with Crippen molar-refractivity contribution in [2.75, 3.05) is 6.54 Å². The predicted octanol–water partition coefficient (Wildman–Crippen LogP) is 2.55. The molecule has 0 spiro atoms. The zero-order valence-corrected chi connectivity index (χ0v) is 15.9. The Balaban J connectivity index is 1.84. The van der Waals surface area contributed by atoms with Crippen molar-refractivity contribution < 1.29 is 14.3 Å². The molecule has 144 valence electrons. The first-order valence-corrected chi connectivity index (χ1v) is 8.96. The zero-order valence-electron chi connectivity index (χ0n) is 15.9. The van der Waals surface area contributed by atoms with Crippen molar-refractivity contribution in [1.82, 2.24) is 20.9 Å². The van der Waals surface area contributed by atoms with Crippen molar-refractivity contribution in [3.05, 3.63) is 59.9 Å². The fraction of sp³-hybridized carbons (Fsp3) is 0.350. The van der Waals surface area contributed by atoms with Gasteiger partial charge in [-0.3, -0.25) is 20.4 Å². The van der Waals surface area contributed by atoms with Crippen LogP contribution in [0.1, 0.15) is 37.9 Å². The van der Waals surface area contributed by atoms with Crippen LogP contribution in [0.25, 0.3) is 0 Å². The van der Waals surface area contributed by atoms with E-state index in [0.717, 1.165) is 16.9 Å². The number of ether oxygens (including phenoxy) is 1.